The van der Waals surface area contributed by atoms with Crippen molar-refractivity contribution in [3.05, 3.63) is 35.6 Å². The number of amides is 2. The second-order valence-electron chi connectivity index (χ2n) is 7.06. The molecule has 130 valence electrons. The predicted octanol–water partition coefficient (Wildman–Crippen LogP) is 1.93. The van der Waals surface area contributed by atoms with Gasteiger partial charge in [0.15, 0.2) is 0 Å². The molecule has 6 heteroatoms. The van der Waals surface area contributed by atoms with E-state index >= 15 is 0 Å². The molecule has 5 nitrogen and oxygen atoms in total. The first-order chi connectivity index (χ1) is 11.4. The number of rotatable bonds is 2. The lowest BCUT2D eigenvalue weighted by Gasteiger charge is -2.34. The molecule has 2 heterocycles. The van der Waals surface area contributed by atoms with Gasteiger partial charge in [0, 0.05) is 31.1 Å². The van der Waals surface area contributed by atoms with Gasteiger partial charge in [0.05, 0.1) is 12.2 Å². The molecule has 2 amide bonds. The van der Waals surface area contributed by atoms with Crippen LogP contribution in [0.15, 0.2) is 24.3 Å². The smallest absolute Gasteiger partial charge is 0.256 e. The molecule has 1 aromatic rings. The summed E-state index contributed by atoms with van der Waals surface area (Å²) in [5.74, 6) is -0.808. The summed E-state index contributed by atoms with van der Waals surface area (Å²) in [6, 6.07) is 6.13. The molecule has 0 saturated carbocycles. The summed E-state index contributed by atoms with van der Waals surface area (Å²) in [4.78, 5) is 28.3. The summed E-state index contributed by atoms with van der Waals surface area (Å²) in [7, 11) is 0. The average Bonchev–Trinajstić information content (AvgIpc) is 2.88. The van der Waals surface area contributed by atoms with Crippen molar-refractivity contribution in [2.45, 2.75) is 26.3 Å². The SMILES string of the molecule is CC(C)N1CC2(CCN(C(=O)c3ccccc3F)C2)COCC1=O. The van der Waals surface area contributed by atoms with Crippen molar-refractivity contribution in [2.24, 2.45) is 5.41 Å². The van der Waals surface area contributed by atoms with Gasteiger partial charge in [-0.1, -0.05) is 12.1 Å². The Labute approximate surface area is 141 Å². The van der Waals surface area contributed by atoms with E-state index in [0.29, 0.717) is 26.2 Å². The number of ether oxygens (including phenoxy) is 1. The van der Waals surface area contributed by atoms with Crippen molar-refractivity contribution >= 4 is 11.8 Å². The summed E-state index contributed by atoms with van der Waals surface area (Å²) in [6.45, 7) is 6.10. The molecule has 0 bridgehead atoms. The molecule has 1 aromatic carbocycles. The average molecular weight is 334 g/mol. The molecule has 2 saturated heterocycles. The Kier molecular flexibility index (Phi) is 4.58. The lowest BCUT2D eigenvalue weighted by Crippen LogP contribution is -2.46. The normalized spacial score (nSPS) is 24.8. The van der Waals surface area contributed by atoms with Gasteiger partial charge in [-0.2, -0.15) is 0 Å². The quantitative estimate of drug-likeness (QED) is 0.830. The van der Waals surface area contributed by atoms with E-state index < -0.39 is 5.82 Å². The Hall–Kier alpha value is -1.95. The molecule has 0 radical (unpaired) electrons. The van der Waals surface area contributed by atoms with E-state index in [-0.39, 0.29) is 35.4 Å². The number of hydrogen-bond acceptors (Lipinski definition) is 3. The van der Waals surface area contributed by atoms with Gasteiger partial charge in [-0.3, -0.25) is 9.59 Å². The molecule has 1 atom stereocenters. The first kappa shape index (κ1) is 16.9. The molecule has 24 heavy (non-hydrogen) atoms. The summed E-state index contributed by atoms with van der Waals surface area (Å²) < 4.78 is 19.5. The van der Waals surface area contributed by atoms with E-state index in [1.54, 1.807) is 17.0 Å². The highest BCUT2D eigenvalue weighted by molar-refractivity contribution is 5.94. The Morgan fingerprint density at radius 3 is 2.75 bits per heavy atom. The maximum Gasteiger partial charge on any atom is 0.256 e. The molecule has 1 unspecified atom stereocenters. The van der Waals surface area contributed by atoms with E-state index in [1.165, 1.54) is 12.1 Å². The molecule has 0 N–H and O–H groups in total. The van der Waals surface area contributed by atoms with E-state index in [2.05, 4.69) is 0 Å². The van der Waals surface area contributed by atoms with Crippen molar-refractivity contribution in [3.8, 4) is 0 Å². The van der Waals surface area contributed by atoms with E-state index in [1.807, 2.05) is 18.7 Å². The third-order valence-corrected chi connectivity index (χ3v) is 4.91. The predicted molar refractivity (Wildman–Crippen MR) is 87.0 cm³/mol. The van der Waals surface area contributed by atoms with Crippen LogP contribution >= 0.6 is 0 Å². The van der Waals surface area contributed by atoms with Gasteiger partial charge in [0.2, 0.25) is 5.91 Å². The zero-order chi connectivity index (χ0) is 17.3. The van der Waals surface area contributed by atoms with Gasteiger partial charge in [-0.05, 0) is 32.4 Å². The molecule has 1 spiro atoms. The zero-order valence-corrected chi connectivity index (χ0v) is 14.1. The summed E-state index contributed by atoms with van der Waals surface area (Å²) >= 11 is 0. The molecular weight excluding hydrogens is 311 g/mol. The minimum Gasteiger partial charge on any atom is -0.371 e. The monoisotopic (exact) mass is 334 g/mol. The van der Waals surface area contributed by atoms with Crippen LogP contribution in [0.1, 0.15) is 30.6 Å². The maximum atomic E-state index is 13.9. The molecule has 3 rings (SSSR count). The number of nitrogens with zero attached hydrogens (tertiary/aromatic N) is 2. The second kappa shape index (κ2) is 6.51. The summed E-state index contributed by atoms with van der Waals surface area (Å²) in [6.07, 6.45) is 0.754. The number of carbonyl (C=O) groups is 2. The van der Waals surface area contributed by atoms with Crippen molar-refractivity contribution in [1.82, 2.24) is 9.80 Å². The standard InChI is InChI=1S/C18H23FN2O3/c1-13(2)21-11-18(12-24-9-16(21)22)7-8-20(10-18)17(23)14-5-3-4-6-15(14)19/h3-6,13H,7-12H2,1-2H3. The number of benzene rings is 1. The molecule has 2 aliphatic rings. The lowest BCUT2D eigenvalue weighted by molar-refractivity contribution is -0.135. The number of likely N-dealkylation sites (tertiary alicyclic amines) is 1. The Balaban J connectivity index is 1.77. The van der Waals surface area contributed by atoms with E-state index in [4.69, 9.17) is 4.74 Å². The van der Waals surface area contributed by atoms with Gasteiger partial charge >= 0.3 is 0 Å². The van der Waals surface area contributed by atoms with Crippen LogP contribution in [-0.2, 0) is 9.53 Å². The number of halogens is 1. The van der Waals surface area contributed by atoms with Crippen LogP contribution in [0.3, 0.4) is 0 Å². The van der Waals surface area contributed by atoms with Crippen molar-refractivity contribution in [2.75, 3.05) is 32.8 Å². The fourth-order valence-electron chi connectivity index (χ4n) is 3.56. The van der Waals surface area contributed by atoms with Crippen LogP contribution in [-0.4, -0.2) is 60.5 Å². The van der Waals surface area contributed by atoms with Crippen LogP contribution in [0.25, 0.3) is 0 Å². The number of hydrogen-bond donors (Lipinski definition) is 0. The summed E-state index contributed by atoms with van der Waals surface area (Å²) in [5, 5.41) is 0. The highest BCUT2D eigenvalue weighted by Crippen LogP contribution is 2.35. The summed E-state index contributed by atoms with van der Waals surface area (Å²) in [5.41, 5.74) is -0.168. The van der Waals surface area contributed by atoms with Crippen molar-refractivity contribution < 1.29 is 18.7 Å². The van der Waals surface area contributed by atoms with Gasteiger partial charge in [-0.25, -0.2) is 4.39 Å². The maximum absolute atomic E-state index is 13.9. The Morgan fingerprint density at radius 2 is 2.04 bits per heavy atom. The van der Waals surface area contributed by atoms with Crippen molar-refractivity contribution in [1.29, 1.82) is 0 Å². The largest absolute Gasteiger partial charge is 0.371 e. The minimum absolute atomic E-state index is 0.0132. The Morgan fingerprint density at radius 1 is 1.29 bits per heavy atom. The highest BCUT2D eigenvalue weighted by atomic mass is 19.1. The first-order valence-electron chi connectivity index (χ1n) is 8.33. The molecule has 0 aliphatic carbocycles. The number of carbonyl (C=O) groups excluding carboxylic acids is 2. The fraction of sp³-hybridized carbons (Fsp3) is 0.556. The molecule has 2 aliphatic heterocycles. The van der Waals surface area contributed by atoms with Crippen LogP contribution in [0.2, 0.25) is 0 Å². The fourth-order valence-corrected chi connectivity index (χ4v) is 3.56. The van der Waals surface area contributed by atoms with E-state index in [0.717, 1.165) is 6.42 Å². The van der Waals surface area contributed by atoms with E-state index in [9.17, 15) is 14.0 Å². The van der Waals surface area contributed by atoms with Crippen LogP contribution in [0.5, 0.6) is 0 Å². The lowest BCUT2D eigenvalue weighted by atomic mass is 9.87. The van der Waals surface area contributed by atoms with Gasteiger partial charge in [-0.15, -0.1) is 0 Å². The third-order valence-electron chi connectivity index (χ3n) is 4.91. The zero-order valence-electron chi connectivity index (χ0n) is 14.1. The first-order valence-corrected chi connectivity index (χ1v) is 8.33. The Bertz CT molecular complexity index is 649. The van der Waals surface area contributed by atoms with Crippen LogP contribution in [0.4, 0.5) is 4.39 Å². The molecule has 0 aromatic heterocycles. The van der Waals surface area contributed by atoms with Gasteiger partial charge < -0.3 is 14.5 Å². The molecule has 2 fully saturated rings. The molecular formula is C18H23FN2O3. The highest BCUT2D eigenvalue weighted by Gasteiger charge is 2.44. The van der Waals surface area contributed by atoms with Gasteiger partial charge in [0.1, 0.15) is 12.4 Å². The third kappa shape index (κ3) is 3.15. The second-order valence-corrected chi connectivity index (χ2v) is 7.06. The van der Waals surface area contributed by atoms with Crippen molar-refractivity contribution in [3.63, 3.8) is 0 Å². The van der Waals surface area contributed by atoms with Gasteiger partial charge in [0.25, 0.3) is 5.91 Å². The van der Waals surface area contributed by atoms with Crippen LogP contribution < -0.4 is 0 Å². The topological polar surface area (TPSA) is 49.9 Å². The minimum atomic E-state index is -0.500. The van der Waals surface area contributed by atoms with Crippen LogP contribution in [0, 0.1) is 11.2 Å².